The number of nitrogens with zero attached hydrogens (tertiary/aromatic N) is 1. The monoisotopic (exact) mass is 486 g/mol. The number of hydrogen-bond donors (Lipinski definition) is 3. The lowest BCUT2D eigenvalue weighted by atomic mass is 10.0. The zero-order chi connectivity index (χ0) is 25.2. The molecule has 1 unspecified atom stereocenters. The van der Waals surface area contributed by atoms with Gasteiger partial charge in [0, 0.05) is 38.7 Å². The van der Waals surface area contributed by atoms with Crippen molar-refractivity contribution in [1.29, 1.82) is 0 Å². The van der Waals surface area contributed by atoms with E-state index in [1.165, 1.54) is 25.1 Å². The second kappa shape index (κ2) is 12.8. The average Bonchev–Trinajstić information content (AvgIpc) is 2.85. The summed E-state index contributed by atoms with van der Waals surface area (Å²) in [5.74, 6) is -0.912. The first-order valence-electron chi connectivity index (χ1n) is 11.4. The number of carbonyl (C=O) groups is 3. The highest BCUT2D eigenvalue weighted by Gasteiger charge is 2.18. The molecule has 1 heterocycles. The quantitative estimate of drug-likeness (QED) is 0.477. The summed E-state index contributed by atoms with van der Waals surface area (Å²) in [7, 11) is 1.55. The SMILES string of the molecule is COc1ccc(C(CC(=O)Nc2ccc(F)c(NC(=O)CCN3CCOCC3)c2)NC(C)=O)cc1. The van der Waals surface area contributed by atoms with Crippen LogP contribution < -0.4 is 20.7 Å². The number of amides is 3. The van der Waals surface area contributed by atoms with Crippen molar-refractivity contribution in [3.8, 4) is 5.75 Å². The number of anilines is 2. The molecular formula is C25H31FN4O5. The van der Waals surface area contributed by atoms with E-state index < -0.39 is 11.9 Å². The van der Waals surface area contributed by atoms with Crippen LogP contribution in [0, 0.1) is 5.82 Å². The first kappa shape index (κ1) is 26.1. The Morgan fingerprint density at radius 1 is 1.06 bits per heavy atom. The van der Waals surface area contributed by atoms with Crippen molar-refractivity contribution >= 4 is 29.1 Å². The Balaban J connectivity index is 1.59. The minimum Gasteiger partial charge on any atom is -0.497 e. The molecular weight excluding hydrogens is 455 g/mol. The van der Waals surface area contributed by atoms with Gasteiger partial charge in [0.2, 0.25) is 17.7 Å². The van der Waals surface area contributed by atoms with Crippen LogP contribution in [0.1, 0.15) is 31.4 Å². The first-order chi connectivity index (χ1) is 16.8. The van der Waals surface area contributed by atoms with Gasteiger partial charge >= 0.3 is 0 Å². The Kier molecular flexibility index (Phi) is 9.56. The Labute approximate surface area is 204 Å². The summed E-state index contributed by atoms with van der Waals surface area (Å²) < 4.78 is 24.7. The van der Waals surface area contributed by atoms with Gasteiger partial charge in [-0.25, -0.2) is 4.39 Å². The van der Waals surface area contributed by atoms with Gasteiger partial charge in [0.1, 0.15) is 11.6 Å². The summed E-state index contributed by atoms with van der Waals surface area (Å²) in [5, 5.41) is 8.05. The molecule has 1 aliphatic rings. The fourth-order valence-electron chi connectivity index (χ4n) is 3.73. The van der Waals surface area contributed by atoms with E-state index in [0.29, 0.717) is 31.2 Å². The molecule has 9 nitrogen and oxygen atoms in total. The second-order valence-electron chi connectivity index (χ2n) is 8.23. The van der Waals surface area contributed by atoms with Crippen LogP contribution in [0.2, 0.25) is 0 Å². The predicted octanol–water partition coefficient (Wildman–Crippen LogP) is 2.70. The van der Waals surface area contributed by atoms with Crippen LogP contribution >= 0.6 is 0 Å². The van der Waals surface area contributed by atoms with Crippen LogP contribution in [0.5, 0.6) is 5.75 Å². The van der Waals surface area contributed by atoms with Gasteiger partial charge in [0.15, 0.2) is 0 Å². The molecule has 1 atom stereocenters. The maximum absolute atomic E-state index is 14.3. The molecule has 3 rings (SSSR count). The number of hydrogen-bond acceptors (Lipinski definition) is 6. The lowest BCUT2D eigenvalue weighted by Crippen LogP contribution is -2.38. The molecule has 3 N–H and O–H groups in total. The maximum atomic E-state index is 14.3. The Morgan fingerprint density at radius 3 is 2.43 bits per heavy atom. The molecule has 2 aromatic carbocycles. The normalized spacial score (nSPS) is 14.6. The van der Waals surface area contributed by atoms with Crippen molar-refractivity contribution in [2.45, 2.75) is 25.8 Å². The third-order valence-electron chi connectivity index (χ3n) is 5.57. The van der Waals surface area contributed by atoms with E-state index in [0.717, 1.165) is 18.7 Å². The lowest BCUT2D eigenvalue weighted by molar-refractivity contribution is -0.120. The topological polar surface area (TPSA) is 109 Å². The van der Waals surface area contributed by atoms with Crippen molar-refractivity contribution in [2.24, 2.45) is 0 Å². The first-order valence-corrected chi connectivity index (χ1v) is 11.4. The fraction of sp³-hybridized carbons (Fsp3) is 0.400. The van der Waals surface area contributed by atoms with Crippen LogP contribution in [-0.2, 0) is 19.1 Å². The van der Waals surface area contributed by atoms with Crippen LogP contribution in [0.4, 0.5) is 15.8 Å². The number of nitrogens with one attached hydrogen (secondary N) is 3. The minimum absolute atomic E-state index is 0.0108. The highest BCUT2D eigenvalue weighted by atomic mass is 19.1. The number of morpholine rings is 1. The number of rotatable bonds is 10. The zero-order valence-electron chi connectivity index (χ0n) is 19.9. The van der Waals surface area contributed by atoms with Gasteiger partial charge in [-0.2, -0.15) is 0 Å². The Bertz CT molecular complexity index is 1030. The molecule has 1 fully saturated rings. The van der Waals surface area contributed by atoms with Crippen molar-refractivity contribution in [3.63, 3.8) is 0 Å². The number of methoxy groups -OCH3 is 1. The molecule has 0 bridgehead atoms. The molecule has 35 heavy (non-hydrogen) atoms. The molecule has 3 amide bonds. The smallest absolute Gasteiger partial charge is 0.226 e. The molecule has 0 aliphatic carbocycles. The van der Waals surface area contributed by atoms with E-state index in [2.05, 4.69) is 20.9 Å². The molecule has 188 valence electrons. The number of carbonyl (C=O) groups excluding carboxylic acids is 3. The number of benzene rings is 2. The van der Waals surface area contributed by atoms with Gasteiger partial charge in [-0.05, 0) is 35.9 Å². The summed E-state index contributed by atoms with van der Waals surface area (Å²) >= 11 is 0. The van der Waals surface area contributed by atoms with Gasteiger partial charge < -0.3 is 25.4 Å². The van der Waals surface area contributed by atoms with E-state index in [-0.39, 0.29) is 36.3 Å². The molecule has 2 aromatic rings. The standard InChI is InChI=1S/C25H31FN4O5/c1-17(31)27-22(18-3-6-20(34-2)7-4-18)16-25(33)28-19-5-8-21(26)23(15-19)29-24(32)9-10-30-11-13-35-14-12-30/h3-8,15,22H,9-14,16H2,1-2H3,(H,27,31)(H,28,33)(H,29,32). The third kappa shape index (κ3) is 8.34. The summed E-state index contributed by atoms with van der Waals surface area (Å²) in [4.78, 5) is 38.8. The van der Waals surface area contributed by atoms with Crippen molar-refractivity contribution in [3.05, 3.63) is 53.8 Å². The van der Waals surface area contributed by atoms with E-state index >= 15 is 0 Å². The van der Waals surface area contributed by atoms with E-state index in [9.17, 15) is 18.8 Å². The number of halogens is 1. The van der Waals surface area contributed by atoms with Crippen molar-refractivity contribution in [1.82, 2.24) is 10.2 Å². The molecule has 0 spiro atoms. The van der Waals surface area contributed by atoms with Crippen LogP contribution in [0.15, 0.2) is 42.5 Å². The fourth-order valence-corrected chi connectivity index (χ4v) is 3.73. The average molecular weight is 487 g/mol. The van der Waals surface area contributed by atoms with E-state index in [1.807, 2.05) is 0 Å². The summed E-state index contributed by atoms with van der Waals surface area (Å²) in [6, 6.07) is 10.5. The second-order valence-corrected chi connectivity index (χ2v) is 8.23. The molecule has 1 aliphatic heterocycles. The summed E-state index contributed by atoms with van der Waals surface area (Å²) in [5.41, 5.74) is 1.06. The van der Waals surface area contributed by atoms with Gasteiger partial charge in [-0.1, -0.05) is 12.1 Å². The highest BCUT2D eigenvalue weighted by molar-refractivity contribution is 5.94. The lowest BCUT2D eigenvalue weighted by Gasteiger charge is -2.26. The summed E-state index contributed by atoms with van der Waals surface area (Å²) in [6.07, 6.45) is 0.181. The van der Waals surface area contributed by atoms with Gasteiger partial charge in [0.05, 0.1) is 38.5 Å². The Morgan fingerprint density at radius 2 is 1.77 bits per heavy atom. The van der Waals surface area contributed by atoms with E-state index in [1.54, 1.807) is 31.4 Å². The van der Waals surface area contributed by atoms with Gasteiger partial charge in [0.25, 0.3) is 0 Å². The predicted molar refractivity (Wildman–Crippen MR) is 130 cm³/mol. The van der Waals surface area contributed by atoms with Crippen LogP contribution in [-0.4, -0.2) is 62.6 Å². The molecule has 1 saturated heterocycles. The Hall–Kier alpha value is -3.50. The molecule has 0 saturated carbocycles. The minimum atomic E-state index is -0.600. The molecule has 0 aromatic heterocycles. The zero-order valence-corrected chi connectivity index (χ0v) is 19.9. The maximum Gasteiger partial charge on any atom is 0.226 e. The van der Waals surface area contributed by atoms with Crippen LogP contribution in [0.3, 0.4) is 0 Å². The van der Waals surface area contributed by atoms with Gasteiger partial charge in [-0.15, -0.1) is 0 Å². The molecule has 0 radical (unpaired) electrons. The molecule has 10 heteroatoms. The summed E-state index contributed by atoms with van der Waals surface area (Å²) in [6.45, 7) is 4.74. The van der Waals surface area contributed by atoms with E-state index in [4.69, 9.17) is 9.47 Å². The van der Waals surface area contributed by atoms with Gasteiger partial charge in [-0.3, -0.25) is 19.3 Å². The van der Waals surface area contributed by atoms with Crippen LogP contribution in [0.25, 0.3) is 0 Å². The number of ether oxygens (including phenoxy) is 2. The largest absolute Gasteiger partial charge is 0.497 e. The third-order valence-corrected chi connectivity index (χ3v) is 5.57. The highest BCUT2D eigenvalue weighted by Crippen LogP contribution is 2.23. The van der Waals surface area contributed by atoms with Crippen molar-refractivity contribution in [2.75, 3.05) is 50.6 Å². The van der Waals surface area contributed by atoms with Crippen molar-refractivity contribution < 1.29 is 28.2 Å².